The summed E-state index contributed by atoms with van der Waals surface area (Å²) in [5.41, 5.74) is 3.46. The number of fused-ring (bicyclic) bond motifs is 2. The first-order chi connectivity index (χ1) is 7.75. The minimum atomic E-state index is 0.193. The van der Waals surface area contributed by atoms with Gasteiger partial charge in [0.2, 0.25) is 0 Å². The summed E-state index contributed by atoms with van der Waals surface area (Å²) in [4.78, 5) is 0. The van der Waals surface area contributed by atoms with E-state index >= 15 is 0 Å². The van der Waals surface area contributed by atoms with Gasteiger partial charge in [-0.3, -0.25) is 0 Å². The molecule has 4 heteroatoms. The first-order valence-corrected chi connectivity index (χ1v) is 5.09. The fourth-order valence-electron chi connectivity index (χ4n) is 2.00. The molecule has 2 N–H and O–H groups in total. The standard InChI is InChI=1S/C12H8B2O2/c15-9-5-6-10(16)12-11(9)13-7-3-1-2-4-8(7)14-12/h1-6,15-16H. The molecule has 0 aliphatic carbocycles. The van der Waals surface area contributed by atoms with Crippen LogP contribution in [-0.4, -0.2) is 24.8 Å². The van der Waals surface area contributed by atoms with Crippen LogP contribution in [0.4, 0.5) is 0 Å². The number of rotatable bonds is 0. The van der Waals surface area contributed by atoms with E-state index in [2.05, 4.69) is 0 Å². The summed E-state index contributed by atoms with van der Waals surface area (Å²) >= 11 is 0. The highest BCUT2D eigenvalue weighted by atomic mass is 16.3. The van der Waals surface area contributed by atoms with Crippen LogP contribution in [0.1, 0.15) is 0 Å². The quantitative estimate of drug-likeness (QED) is 0.355. The monoisotopic (exact) mass is 206 g/mol. The van der Waals surface area contributed by atoms with E-state index in [1.165, 1.54) is 12.1 Å². The Hall–Kier alpha value is -1.83. The number of hydrogen-bond donors (Lipinski definition) is 2. The summed E-state index contributed by atoms with van der Waals surface area (Å²) in [5, 5.41) is 19.5. The molecule has 3 rings (SSSR count). The topological polar surface area (TPSA) is 40.5 Å². The molecule has 0 unspecified atom stereocenters. The molecular formula is C12H8B2O2. The molecule has 16 heavy (non-hydrogen) atoms. The predicted molar refractivity (Wildman–Crippen MR) is 66.3 cm³/mol. The van der Waals surface area contributed by atoms with Crippen molar-refractivity contribution in [3.05, 3.63) is 36.4 Å². The van der Waals surface area contributed by atoms with Gasteiger partial charge < -0.3 is 10.2 Å². The van der Waals surface area contributed by atoms with Crippen LogP contribution in [-0.2, 0) is 0 Å². The number of phenols is 2. The number of aromatic hydroxyl groups is 2. The van der Waals surface area contributed by atoms with Gasteiger partial charge >= 0.3 is 0 Å². The van der Waals surface area contributed by atoms with Crippen LogP contribution in [0, 0.1) is 0 Å². The summed E-state index contributed by atoms with van der Waals surface area (Å²) in [6.07, 6.45) is 0. The first-order valence-electron chi connectivity index (χ1n) is 5.09. The molecule has 1 aliphatic heterocycles. The normalized spacial score (nSPS) is 12.0. The largest absolute Gasteiger partial charge is 0.509 e. The van der Waals surface area contributed by atoms with E-state index in [4.69, 9.17) is 0 Å². The van der Waals surface area contributed by atoms with Gasteiger partial charge in [0.1, 0.15) is 11.5 Å². The second kappa shape index (κ2) is 3.34. The number of benzene rings is 2. The van der Waals surface area contributed by atoms with Crippen molar-refractivity contribution in [1.29, 1.82) is 0 Å². The Morgan fingerprint density at radius 3 is 1.56 bits per heavy atom. The number of phenolic OH excluding ortho intramolecular Hbond substituents is 2. The van der Waals surface area contributed by atoms with Crippen LogP contribution >= 0.6 is 0 Å². The van der Waals surface area contributed by atoms with E-state index in [0.717, 1.165) is 10.9 Å². The zero-order chi connectivity index (χ0) is 11.1. The zero-order valence-corrected chi connectivity index (χ0v) is 8.51. The third-order valence-electron chi connectivity index (χ3n) is 2.84. The summed E-state index contributed by atoms with van der Waals surface area (Å²) in [5.74, 6) is 0.386. The van der Waals surface area contributed by atoms with Crippen LogP contribution < -0.4 is 21.9 Å². The maximum Gasteiger partial charge on any atom is 0.195 e. The van der Waals surface area contributed by atoms with Crippen LogP contribution in [0.5, 0.6) is 11.5 Å². The Bertz CT molecular complexity index is 517. The SMILES string of the molecule is Oc1ccc(O)c2c1[B]c1ccccc1[B]2. The van der Waals surface area contributed by atoms with E-state index < -0.39 is 0 Å². The van der Waals surface area contributed by atoms with Gasteiger partial charge in [0.05, 0.1) is 0 Å². The molecule has 0 bridgehead atoms. The highest BCUT2D eigenvalue weighted by Crippen LogP contribution is 2.10. The van der Waals surface area contributed by atoms with E-state index in [1.807, 2.05) is 38.8 Å². The summed E-state index contributed by atoms with van der Waals surface area (Å²) in [6.45, 7) is 0. The maximum absolute atomic E-state index is 9.74. The molecule has 2 radical (unpaired) electrons. The Morgan fingerprint density at radius 1 is 0.688 bits per heavy atom. The average molecular weight is 206 g/mol. The van der Waals surface area contributed by atoms with Crippen molar-refractivity contribution in [3.63, 3.8) is 0 Å². The van der Waals surface area contributed by atoms with Gasteiger partial charge in [-0.2, -0.15) is 0 Å². The van der Waals surface area contributed by atoms with Crippen molar-refractivity contribution >= 4 is 36.4 Å². The fraction of sp³-hybridized carbons (Fsp3) is 0. The molecule has 0 saturated heterocycles. The van der Waals surface area contributed by atoms with Gasteiger partial charge in [-0.15, -0.1) is 0 Å². The lowest BCUT2D eigenvalue weighted by atomic mass is 9.43. The number of hydrogen-bond acceptors (Lipinski definition) is 2. The Labute approximate surface area is 95.0 Å². The maximum atomic E-state index is 9.74. The Balaban J connectivity index is 2.19. The summed E-state index contributed by atoms with van der Waals surface area (Å²) in [6, 6.07) is 10.9. The molecule has 74 valence electrons. The second-order valence-corrected chi connectivity index (χ2v) is 3.85. The van der Waals surface area contributed by atoms with Crippen molar-refractivity contribution in [2.75, 3.05) is 0 Å². The van der Waals surface area contributed by atoms with Gasteiger partial charge in [0.25, 0.3) is 0 Å². The van der Waals surface area contributed by atoms with Crippen LogP contribution in [0.25, 0.3) is 0 Å². The molecule has 2 aromatic carbocycles. The zero-order valence-electron chi connectivity index (χ0n) is 8.51. The van der Waals surface area contributed by atoms with E-state index in [-0.39, 0.29) is 11.5 Å². The predicted octanol–water partition coefficient (Wildman–Crippen LogP) is -1.28. The Morgan fingerprint density at radius 2 is 1.12 bits per heavy atom. The first kappa shape index (κ1) is 9.40. The lowest BCUT2D eigenvalue weighted by Gasteiger charge is -2.20. The molecule has 0 fully saturated rings. The molecule has 0 amide bonds. The van der Waals surface area contributed by atoms with Gasteiger partial charge in [0, 0.05) is 0 Å². The molecule has 1 aliphatic rings. The average Bonchev–Trinajstić information content (AvgIpc) is 2.32. The molecule has 2 nitrogen and oxygen atoms in total. The van der Waals surface area contributed by atoms with E-state index in [9.17, 15) is 10.2 Å². The van der Waals surface area contributed by atoms with Gasteiger partial charge in [-0.1, -0.05) is 35.2 Å². The molecule has 0 saturated carbocycles. The third kappa shape index (κ3) is 1.30. The van der Waals surface area contributed by atoms with Crippen LogP contribution in [0.3, 0.4) is 0 Å². The molecule has 1 heterocycles. The van der Waals surface area contributed by atoms with Crippen LogP contribution in [0.2, 0.25) is 0 Å². The van der Waals surface area contributed by atoms with Crippen molar-refractivity contribution in [2.24, 2.45) is 0 Å². The van der Waals surface area contributed by atoms with E-state index in [1.54, 1.807) is 0 Å². The summed E-state index contributed by atoms with van der Waals surface area (Å²) in [7, 11) is 3.78. The molecule has 0 aromatic heterocycles. The van der Waals surface area contributed by atoms with Crippen molar-refractivity contribution < 1.29 is 10.2 Å². The van der Waals surface area contributed by atoms with Gasteiger partial charge in [-0.25, -0.2) is 0 Å². The van der Waals surface area contributed by atoms with Crippen molar-refractivity contribution in [1.82, 2.24) is 0 Å². The fourth-order valence-corrected chi connectivity index (χ4v) is 2.00. The van der Waals surface area contributed by atoms with Crippen molar-refractivity contribution in [3.8, 4) is 11.5 Å². The third-order valence-corrected chi connectivity index (χ3v) is 2.84. The van der Waals surface area contributed by atoms with Gasteiger partial charge in [-0.05, 0) is 23.1 Å². The van der Waals surface area contributed by atoms with Gasteiger partial charge in [0.15, 0.2) is 14.6 Å². The minimum absolute atomic E-state index is 0.193. The smallest absolute Gasteiger partial charge is 0.195 e. The minimum Gasteiger partial charge on any atom is -0.509 e. The van der Waals surface area contributed by atoms with E-state index in [0.29, 0.717) is 10.9 Å². The van der Waals surface area contributed by atoms with Crippen LogP contribution in [0.15, 0.2) is 36.4 Å². The lowest BCUT2D eigenvalue weighted by Crippen LogP contribution is -2.56. The molecule has 0 spiro atoms. The Kier molecular flexibility index (Phi) is 1.96. The lowest BCUT2D eigenvalue weighted by molar-refractivity contribution is 0.467. The molecule has 2 aromatic rings. The highest BCUT2D eigenvalue weighted by Gasteiger charge is 2.22. The second-order valence-electron chi connectivity index (χ2n) is 3.85. The highest BCUT2D eigenvalue weighted by molar-refractivity contribution is 6.88. The molecular weight excluding hydrogens is 198 g/mol. The summed E-state index contributed by atoms with van der Waals surface area (Å²) < 4.78 is 0. The van der Waals surface area contributed by atoms with Crippen molar-refractivity contribution in [2.45, 2.75) is 0 Å². The molecule has 0 atom stereocenters.